The number of hydrogen-bond donors (Lipinski definition) is 1. The highest BCUT2D eigenvalue weighted by molar-refractivity contribution is 6.30. The van der Waals surface area contributed by atoms with Crippen molar-refractivity contribution in [2.75, 3.05) is 6.54 Å². The highest BCUT2D eigenvalue weighted by Crippen LogP contribution is 2.46. The largest absolute Gasteiger partial charge is 0.383 e. The molecule has 202 valence electrons. The van der Waals surface area contributed by atoms with Crippen LogP contribution in [0.3, 0.4) is 0 Å². The molecule has 8 nitrogen and oxygen atoms in total. The van der Waals surface area contributed by atoms with Crippen molar-refractivity contribution in [3.63, 3.8) is 0 Å². The van der Waals surface area contributed by atoms with E-state index in [0.29, 0.717) is 28.2 Å². The smallest absolute Gasteiger partial charge is 0.255 e. The number of nitriles is 1. The Hall–Kier alpha value is -3.13. The lowest BCUT2D eigenvalue weighted by atomic mass is 9.79. The summed E-state index contributed by atoms with van der Waals surface area (Å²) in [6, 6.07) is 10.7. The molecule has 2 atom stereocenters. The van der Waals surface area contributed by atoms with Gasteiger partial charge >= 0.3 is 0 Å². The van der Waals surface area contributed by atoms with E-state index in [1.807, 2.05) is 24.3 Å². The van der Waals surface area contributed by atoms with Crippen LogP contribution in [-0.2, 0) is 18.7 Å². The Morgan fingerprint density at radius 2 is 1.97 bits per heavy atom. The standard InChI is InChI=1S/C15H18ClN3O.C11H11ClF2N4/c1-11(12-2-3-12)15(20,8-19-10-17-9-18-19)13-4-6-14(16)7-5-13;1-8(17-7-15)18(6-11(13)14)5-9-2-3-10(12)16-4-9/h4-7,9-12,20H,2-3,8H2,1H3;2-4,11H,5-6H2,1H3. The molecule has 1 aliphatic rings. The lowest BCUT2D eigenvalue weighted by Gasteiger charge is -2.35. The third kappa shape index (κ3) is 8.45. The zero-order valence-electron chi connectivity index (χ0n) is 21.1. The van der Waals surface area contributed by atoms with Crippen molar-refractivity contribution in [3.8, 4) is 6.19 Å². The average molecular weight is 564 g/mol. The van der Waals surface area contributed by atoms with E-state index in [1.165, 1.54) is 37.2 Å². The molecule has 2 unspecified atom stereocenters. The minimum absolute atomic E-state index is 0.174. The van der Waals surface area contributed by atoms with Crippen LogP contribution >= 0.6 is 23.2 Å². The molecule has 0 radical (unpaired) electrons. The van der Waals surface area contributed by atoms with E-state index in [4.69, 9.17) is 28.5 Å². The molecule has 1 saturated carbocycles. The van der Waals surface area contributed by atoms with Crippen LogP contribution in [0.4, 0.5) is 8.78 Å². The molecule has 0 saturated heterocycles. The number of nitrogens with zero attached hydrogens (tertiary/aromatic N) is 7. The number of alkyl halides is 2. The molecule has 1 aliphatic carbocycles. The Morgan fingerprint density at radius 3 is 2.50 bits per heavy atom. The molecule has 3 aromatic rings. The molecule has 0 aliphatic heterocycles. The van der Waals surface area contributed by atoms with Crippen molar-refractivity contribution in [1.29, 1.82) is 5.26 Å². The summed E-state index contributed by atoms with van der Waals surface area (Å²) in [6.45, 7) is 3.75. The minimum atomic E-state index is -2.51. The van der Waals surface area contributed by atoms with E-state index in [1.54, 1.807) is 29.3 Å². The summed E-state index contributed by atoms with van der Waals surface area (Å²) in [5, 5.41) is 24.9. The van der Waals surface area contributed by atoms with Gasteiger partial charge in [0.2, 0.25) is 6.19 Å². The molecule has 2 aromatic heterocycles. The van der Waals surface area contributed by atoms with Gasteiger partial charge < -0.3 is 10.0 Å². The van der Waals surface area contributed by atoms with Crippen LogP contribution in [0, 0.1) is 23.3 Å². The van der Waals surface area contributed by atoms with Gasteiger partial charge in [-0.15, -0.1) is 0 Å². The summed E-state index contributed by atoms with van der Waals surface area (Å²) in [5.74, 6) is 1.000. The highest BCUT2D eigenvalue weighted by atomic mass is 35.5. The van der Waals surface area contributed by atoms with Gasteiger partial charge in [-0.1, -0.05) is 48.3 Å². The van der Waals surface area contributed by atoms with Crippen LogP contribution in [0.25, 0.3) is 0 Å². The number of halogens is 4. The van der Waals surface area contributed by atoms with Gasteiger partial charge in [0.15, 0.2) is 0 Å². The van der Waals surface area contributed by atoms with E-state index >= 15 is 0 Å². The van der Waals surface area contributed by atoms with Gasteiger partial charge in [0.1, 0.15) is 29.2 Å². The third-order valence-electron chi connectivity index (χ3n) is 6.49. The van der Waals surface area contributed by atoms with Crippen LogP contribution in [0.1, 0.15) is 37.8 Å². The predicted octanol–water partition coefficient (Wildman–Crippen LogP) is 5.57. The normalized spacial score (nSPS) is 15.7. The van der Waals surface area contributed by atoms with Crippen LogP contribution in [-0.4, -0.2) is 48.6 Å². The SMILES string of the molecule is CC(=NC#N)N(Cc1ccc(Cl)nc1)CC(F)F.CC(C1CC1)C(O)(Cn1cncn1)c1ccc(Cl)cc1. The topological polar surface area (TPSA) is 103 Å². The summed E-state index contributed by atoms with van der Waals surface area (Å²) >= 11 is 11.6. The van der Waals surface area contributed by atoms with Crippen molar-refractivity contribution < 1.29 is 13.9 Å². The summed E-state index contributed by atoms with van der Waals surface area (Å²) in [7, 11) is 0. The van der Waals surface area contributed by atoms with Gasteiger partial charge in [0.25, 0.3) is 6.43 Å². The van der Waals surface area contributed by atoms with Crippen LogP contribution < -0.4 is 0 Å². The Balaban J connectivity index is 0.000000212. The molecule has 2 heterocycles. The molecule has 0 bridgehead atoms. The lowest BCUT2D eigenvalue weighted by Crippen LogP contribution is -2.39. The summed E-state index contributed by atoms with van der Waals surface area (Å²) in [6.07, 6.45) is 6.08. The van der Waals surface area contributed by atoms with E-state index < -0.39 is 18.6 Å². The first-order valence-corrected chi connectivity index (χ1v) is 12.8. The summed E-state index contributed by atoms with van der Waals surface area (Å²) in [5.41, 5.74) is 0.656. The van der Waals surface area contributed by atoms with Crippen molar-refractivity contribution in [1.82, 2.24) is 24.6 Å². The van der Waals surface area contributed by atoms with Gasteiger partial charge in [-0.25, -0.2) is 23.4 Å². The third-order valence-corrected chi connectivity index (χ3v) is 6.96. The van der Waals surface area contributed by atoms with Crippen LogP contribution in [0.5, 0.6) is 0 Å². The number of benzene rings is 1. The highest BCUT2D eigenvalue weighted by Gasteiger charge is 2.44. The Morgan fingerprint density at radius 1 is 1.26 bits per heavy atom. The first-order chi connectivity index (χ1) is 18.1. The Bertz CT molecular complexity index is 1210. The number of pyridine rings is 1. The van der Waals surface area contributed by atoms with Crippen molar-refractivity contribution >= 4 is 29.0 Å². The van der Waals surface area contributed by atoms with E-state index in [-0.39, 0.29) is 18.3 Å². The van der Waals surface area contributed by atoms with Crippen molar-refractivity contribution in [2.45, 2.75) is 51.8 Å². The molecule has 1 fully saturated rings. The molecule has 1 aromatic carbocycles. The number of rotatable bonds is 9. The molecular formula is C26H29Cl2F2N7O. The molecule has 12 heteroatoms. The number of aliphatic hydroxyl groups is 1. The maximum Gasteiger partial charge on any atom is 0.255 e. The lowest BCUT2D eigenvalue weighted by molar-refractivity contribution is -0.0442. The van der Waals surface area contributed by atoms with Crippen molar-refractivity contribution in [2.24, 2.45) is 16.8 Å². The fourth-order valence-corrected chi connectivity index (χ4v) is 4.36. The number of hydrogen-bond acceptors (Lipinski definition) is 6. The quantitative estimate of drug-likeness (QED) is 0.158. The van der Waals surface area contributed by atoms with E-state index in [0.717, 1.165) is 5.56 Å². The van der Waals surface area contributed by atoms with Crippen molar-refractivity contribution in [3.05, 3.63) is 76.6 Å². The molecular weight excluding hydrogens is 535 g/mol. The minimum Gasteiger partial charge on any atom is -0.383 e. The van der Waals surface area contributed by atoms with Gasteiger partial charge in [-0.3, -0.25) is 0 Å². The molecule has 0 amide bonds. The molecule has 4 rings (SSSR count). The monoisotopic (exact) mass is 563 g/mol. The fourth-order valence-electron chi connectivity index (χ4n) is 4.13. The van der Waals surface area contributed by atoms with Crippen LogP contribution in [0.15, 0.2) is 60.2 Å². The van der Waals surface area contributed by atoms with E-state index in [2.05, 4.69) is 27.0 Å². The fraction of sp³-hybridized carbons (Fsp3) is 0.423. The van der Waals surface area contributed by atoms with Crippen LogP contribution in [0.2, 0.25) is 10.2 Å². The summed E-state index contributed by atoms with van der Waals surface area (Å²) in [4.78, 5) is 12.6. The van der Waals surface area contributed by atoms with E-state index in [9.17, 15) is 13.9 Å². The van der Waals surface area contributed by atoms with Gasteiger partial charge in [0, 0.05) is 17.8 Å². The summed E-state index contributed by atoms with van der Waals surface area (Å²) < 4.78 is 26.6. The van der Waals surface area contributed by atoms with Gasteiger partial charge in [-0.05, 0) is 60.9 Å². The van der Waals surface area contributed by atoms with Gasteiger partial charge in [0.05, 0.1) is 13.1 Å². The molecule has 1 N–H and O–H groups in total. The molecule has 0 spiro atoms. The second-order valence-electron chi connectivity index (χ2n) is 9.17. The van der Waals surface area contributed by atoms with Gasteiger partial charge in [-0.2, -0.15) is 15.4 Å². The predicted molar refractivity (Wildman–Crippen MR) is 142 cm³/mol. The maximum absolute atomic E-state index is 12.4. The number of aliphatic imine (C=N–C) groups is 1. The average Bonchev–Trinajstić information content (AvgIpc) is 3.61. The second kappa shape index (κ2) is 13.6. The zero-order chi connectivity index (χ0) is 27.7. The number of amidine groups is 1. The maximum atomic E-state index is 12.4. The molecule has 38 heavy (non-hydrogen) atoms. The Labute approximate surface area is 230 Å². The first kappa shape index (κ1) is 29.4. The Kier molecular flexibility index (Phi) is 10.5. The number of aromatic nitrogens is 4. The second-order valence-corrected chi connectivity index (χ2v) is 9.99. The zero-order valence-corrected chi connectivity index (χ0v) is 22.6. The first-order valence-electron chi connectivity index (χ1n) is 12.0.